The lowest BCUT2D eigenvalue weighted by Gasteiger charge is -1.99. The molecule has 2 aromatic heterocycles. The number of aromatic nitrogens is 1. The van der Waals surface area contributed by atoms with E-state index in [-0.39, 0.29) is 10.9 Å². The van der Waals surface area contributed by atoms with Gasteiger partial charge >= 0.3 is 5.97 Å². The molecule has 0 spiro atoms. The number of pyridine rings is 1. The van der Waals surface area contributed by atoms with Crippen molar-refractivity contribution >= 4 is 38.6 Å². The lowest BCUT2D eigenvalue weighted by molar-refractivity contribution is 0.0531. The maximum absolute atomic E-state index is 11.7. The van der Waals surface area contributed by atoms with Crippen LogP contribution in [0, 0.1) is 6.92 Å². The predicted octanol–water partition coefficient (Wildman–Crippen LogP) is 2.36. The smallest absolute Gasteiger partial charge is 0.348 e. The van der Waals surface area contributed by atoms with Crippen LogP contribution in [0.15, 0.2) is 17.2 Å². The summed E-state index contributed by atoms with van der Waals surface area (Å²) in [5.74, 6) is -0.385. The SMILES string of the molecule is CCOC(=O)c1sc2ncc(S(=O)O)cc2c1C. The van der Waals surface area contributed by atoms with Crippen LogP contribution >= 0.6 is 11.3 Å². The van der Waals surface area contributed by atoms with Gasteiger partial charge in [-0.05, 0) is 25.5 Å². The van der Waals surface area contributed by atoms with Gasteiger partial charge in [0.2, 0.25) is 0 Å². The number of esters is 1. The summed E-state index contributed by atoms with van der Waals surface area (Å²) in [4.78, 5) is 17.2. The quantitative estimate of drug-likeness (QED) is 0.692. The summed E-state index contributed by atoms with van der Waals surface area (Å²) in [5, 5.41) is 0.711. The fourth-order valence-electron chi connectivity index (χ4n) is 1.57. The second-order valence-electron chi connectivity index (χ2n) is 3.55. The Morgan fingerprint density at radius 1 is 1.61 bits per heavy atom. The summed E-state index contributed by atoms with van der Waals surface area (Å²) in [7, 11) is 0. The molecule has 7 heteroatoms. The van der Waals surface area contributed by atoms with Crippen LogP contribution in [0.5, 0.6) is 0 Å². The summed E-state index contributed by atoms with van der Waals surface area (Å²) >= 11 is -0.846. The van der Waals surface area contributed by atoms with E-state index in [9.17, 15) is 9.00 Å². The van der Waals surface area contributed by atoms with Crippen LogP contribution in [-0.2, 0) is 15.8 Å². The third kappa shape index (κ3) is 2.29. The number of thiophene rings is 1. The molecule has 1 unspecified atom stereocenters. The van der Waals surface area contributed by atoms with Crippen molar-refractivity contribution in [2.24, 2.45) is 0 Å². The van der Waals surface area contributed by atoms with Crippen LogP contribution in [0.4, 0.5) is 0 Å². The molecule has 0 aliphatic carbocycles. The highest BCUT2D eigenvalue weighted by Gasteiger charge is 2.18. The standard InChI is InChI=1S/C11H11NO4S2/c1-3-16-11(13)9-6(2)8-4-7(18(14)15)5-12-10(8)17-9/h4-5H,3H2,1-2H3,(H,14,15). The molecule has 2 aromatic rings. The summed E-state index contributed by atoms with van der Waals surface area (Å²) in [6, 6.07) is 1.58. The Bertz CT molecular complexity index is 635. The van der Waals surface area contributed by atoms with Gasteiger partial charge in [0.05, 0.1) is 11.5 Å². The first-order valence-corrected chi connectivity index (χ1v) is 7.14. The van der Waals surface area contributed by atoms with Crippen LogP contribution in [0.3, 0.4) is 0 Å². The van der Waals surface area contributed by atoms with E-state index >= 15 is 0 Å². The number of carbonyl (C=O) groups excluding carboxylic acids is 1. The average molecular weight is 285 g/mol. The molecule has 0 saturated carbocycles. The summed E-state index contributed by atoms with van der Waals surface area (Å²) in [6.07, 6.45) is 1.34. The number of hydrogen-bond donors (Lipinski definition) is 1. The van der Waals surface area contributed by atoms with Crippen molar-refractivity contribution in [3.63, 3.8) is 0 Å². The number of carbonyl (C=O) groups is 1. The van der Waals surface area contributed by atoms with Gasteiger partial charge in [-0.15, -0.1) is 11.3 Å². The van der Waals surface area contributed by atoms with E-state index in [0.717, 1.165) is 5.56 Å². The average Bonchev–Trinajstić information content (AvgIpc) is 2.67. The minimum Gasteiger partial charge on any atom is -0.462 e. The van der Waals surface area contributed by atoms with Gasteiger partial charge in [0.25, 0.3) is 0 Å². The zero-order valence-electron chi connectivity index (χ0n) is 9.80. The van der Waals surface area contributed by atoms with Crippen molar-refractivity contribution in [2.45, 2.75) is 18.7 Å². The molecule has 0 aromatic carbocycles. The summed E-state index contributed by atoms with van der Waals surface area (Å²) in [5.41, 5.74) is 0.730. The number of fused-ring (bicyclic) bond motifs is 1. The molecule has 0 amide bonds. The minimum atomic E-state index is -2.07. The zero-order valence-corrected chi connectivity index (χ0v) is 11.4. The Hall–Kier alpha value is -1.31. The number of hydrogen-bond acceptors (Lipinski definition) is 5. The lowest BCUT2D eigenvalue weighted by Crippen LogP contribution is -2.03. The van der Waals surface area contributed by atoms with Gasteiger partial charge in [-0.1, -0.05) is 0 Å². The van der Waals surface area contributed by atoms with Crippen molar-refractivity contribution in [1.29, 1.82) is 0 Å². The normalized spacial score (nSPS) is 12.6. The van der Waals surface area contributed by atoms with Crippen molar-refractivity contribution in [2.75, 3.05) is 6.61 Å². The highest BCUT2D eigenvalue weighted by molar-refractivity contribution is 7.79. The first-order valence-electron chi connectivity index (χ1n) is 5.21. The molecular weight excluding hydrogens is 274 g/mol. The molecule has 1 N–H and O–H groups in total. The second kappa shape index (κ2) is 5.13. The lowest BCUT2D eigenvalue weighted by atomic mass is 10.2. The Labute approximate surface area is 110 Å². The molecule has 5 nitrogen and oxygen atoms in total. The van der Waals surface area contributed by atoms with Gasteiger partial charge in [-0.3, -0.25) is 0 Å². The van der Waals surface area contributed by atoms with E-state index in [2.05, 4.69) is 4.98 Å². The molecule has 0 radical (unpaired) electrons. The first-order chi connectivity index (χ1) is 8.54. The molecule has 18 heavy (non-hydrogen) atoms. The van der Waals surface area contributed by atoms with Crippen LogP contribution in [0.2, 0.25) is 0 Å². The molecule has 0 fully saturated rings. The molecule has 0 aliphatic heterocycles. The predicted molar refractivity (Wildman–Crippen MR) is 69.4 cm³/mol. The minimum absolute atomic E-state index is 0.221. The van der Waals surface area contributed by atoms with Crippen LogP contribution in [0.1, 0.15) is 22.2 Å². The number of ether oxygens (including phenoxy) is 1. The molecule has 0 bridgehead atoms. The molecular formula is C11H11NO4S2. The number of nitrogens with zero attached hydrogens (tertiary/aromatic N) is 1. The Morgan fingerprint density at radius 2 is 2.33 bits per heavy atom. The third-order valence-corrected chi connectivity index (χ3v) is 4.25. The van der Waals surface area contributed by atoms with Gasteiger partial charge in [-0.25, -0.2) is 14.0 Å². The van der Waals surface area contributed by atoms with E-state index in [1.165, 1.54) is 17.5 Å². The summed E-state index contributed by atoms with van der Waals surface area (Å²) in [6.45, 7) is 3.83. The van der Waals surface area contributed by atoms with Crippen LogP contribution in [-0.4, -0.2) is 26.3 Å². The van der Waals surface area contributed by atoms with Crippen LogP contribution < -0.4 is 0 Å². The Morgan fingerprint density at radius 3 is 2.94 bits per heavy atom. The van der Waals surface area contributed by atoms with Crippen molar-refractivity contribution in [3.8, 4) is 0 Å². The Balaban J connectivity index is 2.56. The van der Waals surface area contributed by atoms with Gasteiger partial charge in [0.15, 0.2) is 11.1 Å². The van der Waals surface area contributed by atoms with Crippen molar-refractivity contribution in [3.05, 3.63) is 22.7 Å². The molecule has 96 valence electrons. The van der Waals surface area contributed by atoms with Gasteiger partial charge in [0, 0.05) is 11.6 Å². The van der Waals surface area contributed by atoms with Gasteiger partial charge in [0.1, 0.15) is 9.71 Å². The van der Waals surface area contributed by atoms with Crippen molar-refractivity contribution in [1.82, 2.24) is 4.98 Å². The molecule has 0 saturated heterocycles. The topological polar surface area (TPSA) is 76.5 Å². The maximum Gasteiger partial charge on any atom is 0.348 e. The molecule has 2 rings (SSSR count). The molecule has 1 atom stereocenters. The monoisotopic (exact) mass is 285 g/mol. The fraction of sp³-hybridized carbons (Fsp3) is 0.273. The molecule has 2 heterocycles. The van der Waals surface area contributed by atoms with E-state index in [1.54, 1.807) is 19.9 Å². The largest absolute Gasteiger partial charge is 0.462 e. The number of aryl methyl sites for hydroxylation is 1. The summed E-state index contributed by atoms with van der Waals surface area (Å²) < 4.78 is 25.0. The van der Waals surface area contributed by atoms with E-state index in [1.807, 2.05) is 0 Å². The third-order valence-electron chi connectivity index (χ3n) is 2.43. The van der Waals surface area contributed by atoms with E-state index < -0.39 is 11.1 Å². The van der Waals surface area contributed by atoms with Gasteiger partial charge < -0.3 is 9.29 Å². The van der Waals surface area contributed by atoms with Crippen LogP contribution in [0.25, 0.3) is 10.2 Å². The highest BCUT2D eigenvalue weighted by atomic mass is 32.2. The Kier molecular flexibility index (Phi) is 3.74. The maximum atomic E-state index is 11.7. The number of rotatable bonds is 3. The second-order valence-corrected chi connectivity index (χ2v) is 5.52. The van der Waals surface area contributed by atoms with Crippen molar-refractivity contribution < 1.29 is 18.3 Å². The fourth-order valence-corrected chi connectivity index (χ4v) is 2.95. The first kappa shape index (κ1) is 13.1. The van der Waals surface area contributed by atoms with Gasteiger partial charge in [-0.2, -0.15) is 0 Å². The highest BCUT2D eigenvalue weighted by Crippen LogP contribution is 2.30. The van der Waals surface area contributed by atoms with E-state index in [0.29, 0.717) is 21.7 Å². The zero-order chi connectivity index (χ0) is 13.3. The van der Waals surface area contributed by atoms with E-state index in [4.69, 9.17) is 9.29 Å². The molecule has 0 aliphatic rings.